The topological polar surface area (TPSA) is 60.5 Å². The van der Waals surface area contributed by atoms with Gasteiger partial charge in [0.15, 0.2) is 0 Å². The van der Waals surface area contributed by atoms with Crippen LogP contribution in [0.5, 0.6) is 5.88 Å². The predicted molar refractivity (Wildman–Crippen MR) is 90.8 cm³/mol. The second-order valence-electron chi connectivity index (χ2n) is 6.48. The number of rotatable bonds is 6. The number of carbonyl (C=O) groups excluding carboxylic acids is 1. The van der Waals surface area contributed by atoms with Crippen molar-refractivity contribution in [1.82, 2.24) is 4.98 Å². The number of nitrogens with one attached hydrogen (secondary N) is 1. The van der Waals surface area contributed by atoms with E-state index in [1.807, 2.05) is 13.0 Å². The molecule has 0 bridgehead atoms. The first-order valence-electron chi connectivity index (χ1n) is 8.48. The summed E-state index contributed by atoms with van der Waals surface area (Å²) >= 11 is 0. The van der Waals surface area contributed by atoms with Crippen molar-refractivity contribution in [2.75, 3.05) is 19.0 Å². The summed E-state index contributed by atoms with van der Waals surface area (Å²) in [4.78, 5) is 17.2. The maximum Gasteiger partial charge on any atom is 0.256 e. The molecule has 5 nitrogen and oxygen atoms in total. The van der Waals surface area contributed by atoms with Gasteiger partial charge >= 0.3 is 0 Å². The molecule has 0 unspecified atom stereocenters. The summed E-state index contributed by atoms with van der Waals surface area (Å²) in [5, 5.41) is 2.99. The van der Waals surface area contributed by atoms with E-state index in [0.717, 1.165) is 37.8 Å². The number of aryl methyl sites for hydroxylation is 1. The van der Waals surface area contributed by atoms with Crippen LogP contribution in [-0.2, 0) is 9.53 Å². The van der Waals surface area contributed by atoms with Crippen LogP contribution in [0.3, 0.4) is 0 Å². The Balaban J connectivity index is 2.09. The van der Waals surface area contributed by atoms with E-state index < -0.39 is 5.60 Å². The molecule has 0 spiro atoms. The van der Waals surface area contributed by atoms with Gasteiger partial charge in [-0.2, -0.15) is 0 Å². The summed E-state index contributed by atoms with van der Waals surface area (Å²) in [5.41, 5.74) is 0.747. The van der Waals surface area contributed by atoms with Gasteiger partial charge < -0.3 is 14.8 Å². The summed E-state index contributed by atoms with van der Waals surface area (Å²) < 4.78 is 11.2. The smallest absolute Gasteiger partial charge is 0.256 e. The molecule has 23 heavy (non-hydrogen) atoms. The normalized spacial score (nSPS) is 24.3. The van der Waals surface area contributed by atoms with Crippen molar-refractivity contribution in [3.63, 3.8) is 0 Å². The highest BCUT2D eigenvalue weighted by molar-refractivity contribution is 5.97. The van der Waals surface area contributed by atoms with Gasteiger partial charge in [0.2, 0.25) is 5.88 Å². The molecule has 1 saturated carbocycles. The van der Waals surface area contributed by atoms with Crippen molar-refractivity contribution < 1.29 is 14.3 Å². The quantitative estimate of drug-likeness (QED) is 0.868. The van der Waals surface area contributed by atoms with Crippen molar-refractivity contribution in [3.8, 4) is 5.88 Å². The molecule has 2 rings (SSSR count). The van der Waals surface area contributed by atoms with E-state index in [4.69, 9.17) is 9.47 Å². The van der Waals surface area contributed by atoms with Gasteiger partial charge in [-0.1, -0.05) is 20.3 Å². The van der Waals surface area contributed by atoms with Crippen LogP contribution >= 0.6 is 0 Å². The Morgan fingerprint density at radius 1 is 1.48 bits per heavy atom. The average molecular weight is 320 g/mol. The fourth-order valence-electron chi connectivity index (χ4n) is 3.18. The van der Waals surface area contributed by atoms with Crippen LogP contribution in [0.25, 0.3) is 0 Å². The third-order valence-electron chi connectivity index (χ3n) is 4.52. The Labute approximate surface area is 138 Å². The summed E-state index contributed by atoms with van der Waals surface area (Å²) in [6.07, 6.45) is 4.64. The summed E-state index contributed by atoms with van der Waals surface area (Å²) in [6.45, 7) is 6.74. The zero-order valence-corrected chi connectivity index (χ0v) is 14.6. The minimum absolute atomic E-state index is 0.0707. The van der Waals surface area contributed by atoms with Crippen molar-refractivity contribution in [1.29, 1.82) is 0 Å². The van der Waals surface area contributed by atoms with Crippen LogP contribution in [0, 0.1) is 12.8 Å². The average Bonchev–Trinajstić information content (AvgIpc) is 2.54. The number of pyridine rings is 1. The monoisotopic (exact) mass is 320 g/mol. The minimum atomic E-state index is -0.721. The number of anilines is 1. The van der Waals surface area contributed by atoms with E-state index in [-0.39, 0.29) is 5.91 Å². The lowest BCUT2D eigenvalue weighted by molar-refractivity contribution is -0.143. The first-order valence-corrected chi connectivity index (χ1v) is 8.48. The van der Waals surface area contributed by atoms with E-state index in [0.29, 0.717) is 24.1 Å². The Morgan fingerprint density at radius 3 is 2.87 bits per heavy atom. The molecule has 0 saturated heterocycles. The van der Waals surface area contributed by atoms with Gasteiger partial charge in [-0.05, 0) is 44.6 Å². The molecule has 128 valence electrons. The van der Waals surface area contributed by atoms with Crippen LogP contribution in [-0.4, -0.2) is 30.2 Å². The molecule has 0 aliphatic heterocycles. The van der Waals surface area contributed by atoms with Crippen LogP contribution in [0.2, 0.25) is 0 Å². The second-order valence-corrected chi connectivity index (χ2v) is 6.48. The van der Waals surface area contributed by atoms with E-state index >= 15 is 0 Å². The van der Waals surface area contributed by atoms with E-state index in [1.165, 1.54) is 0 Å². The molecule has 1 aliphatic rings. The number of carbonyl (C=O) groups is 1. The molecule has 0 aromatic carbocycles. The predicted octanol–water partition coefficient (Wildman–Crippen LogP) is 3.71. The molecule has 5 heteroatoms. The lowest BCUT2D eigenvalue weighted by atomic mass is 9.78. The van der Waals surface area contributed by atoms with E-state index in [9.17, 15) is 4.79 Å². The van der Waals surface area contributed by atoms with Gasteiger partial charge in [0.05, 0.1) is 18.0 Å². The van der Waals surface area contributed by atoms with E-state index in [1.54, 1.807) is 13.2 Å². The molecule has 1 aliphatic carbocycles. The number of nitrogens with zero attached hydrogens (tertiary/aromatic N) is 1. The zero-order chi connectivity index (χ0) is 16.9. The van der Waals surface area contributed by atoms with Gasteiger partial charge in [-0.25, -0.2) is 4.98 Å². The lowest BCUT2D eigenvalue weighted by Gasteiger charge is -2.37. The minimum Gasteiger partial charge on any atom is -0.478 e. The molecular formula is C18H28N2O3. The summed E-state index contributed by atoms with van der Waals surface area (Å²) in [5.74, 6) is 1.02. The molecule has 2 atom stereocenters. The number of ether oxygens (including phenoxy) is 2. The molecule has 1 fully saturated rings. The number of hydrogen-bond donors (Lipinski definition) is 1. The molecule has 1 aromatic rings. The third kappa shape index (κ3) is 4.22. The third-order valence-corrected chi connectivity index (χ3v) is 4.52. The first kappa shape index (κ1) is 17.7. The standard InChI is InChI=1S/C18H28N2O3/c1-5-11-23-16-9-8-15(14(3)19-16)20-17(21)18(22-4)10-6-7-13(2)12-18/h8-9,13H,5-7,10-12H2,1-4H3,(H,20,21)/t13-,18+/m1/s1. The zero-order valence-electron chi connectivity index (χ0n) is 14.6. The van der Waals surface area contributed by atoms with Gasteiger partial charge in [0.1, 0.15) is 5.60 Å². The van der Waals surface area contributed by atoms with Gasteiger partial charge in [0, 0.05) is 13.2 Å². The molecule has 1 amide bonds. The summed E-state index contributed by atoms with van der Waals surface area (Å²) in [6, 6.07) is 3.64. The highest BCUT2D eigenvalue weighted by Crippen LogP contribution is 2.36. The number of methoxy groups -OCH3 is 1. The van der Waals surface area contributed by atoms with Crippen molar-refractivity contribution in [2.24, 2.45) is 5.92 Å². The SMILES string of the molecule is CCCOc1ccc(NC(=O)[C@]2(OC)CCC[C@@H](C)C2)c(C)n1. The maximum atomic E-state index is 12.8. The molecule has 1 aromatic heterocycles. The Bertz CT molecular complexity index is 547. The van der Waals surface area contributed by atoms with E-state index in [2.05, 4.69) is 24.1 Å². The highest BCUT2D eigenvalue weighted by atomic mass is 16.5. The highest BCUT2D eigenvalue weighted by Gasteiger charge is 2.42. The van der Waals surface area contributed by atoms with Gasteiger partial charge in [-0.3, -0.25) is 4.79 Å². The maximum absolute atomic E-state index is 12.8. The number of aromatic nitrogens is 1. The van der Waals surface area contributed by atoms with Crippen LogP contribution < -0.4 is 10.1 Å². The van der Waals surface area contributed by atoms with Gasteiger partial charge in [-0.15, -0.1) is 0 Å². The summed E-state index contributed by atoms with van der Waals surface area (Å²) in [7, 11) is 1.63. The second kappa shape index (κ2) is 7.77. The van der Waals surface area contributed by atoms with Crippen LogP contribution in [0.4, 0.5) is 5.69 Å². The number of hydrogen-bond acceptors (Lipinski definition) is 4. The molecular weight excluding hydrogens is 292 g/mol. The largest absolute Gasteiger partial charge is 0.478 e. The lowest BCUT2D eigenvalue weighted by Crippen LogP contribution is -2.48. The Hall–Kier alpha value is -1.62. The van der Waals surface area contributed by atoms with Crippen molar-refractivity contribution in [2.45, 2.75) is 58.5 Å². The fraction of sp³-hybridized carbons (Fsp3) is 0.667. The Morgan fingerprint density at radius 2 is 2.26 bits per heavy atom. The van der Waals surface area contributed by atoms with Gasteiger partial charge in [0.25, 0.3) is 5.91 Å². The number of amides is 1. The van der Waals surface area contributed by atoms with Crippen molar-refractivity contribution in [3.05, 3.63) is 17.8 Å². The first-order chi connectivity index (χ1) is 11.0. The fourth-order valence-corrected chi connectivity index (χ4v) is 3.18. The van der Waals surface area contributed by atoms with Crippen LogP contribution in [0.1, 0.15) is 51.6 Å². The van der Waals surface area contributed by atoms with Crippen molar-refractivity contribution >= 4 is 11.6 Å². The molecule has 0 radical (unpaired) electrons. The Kier molecular flexibility index (Phi) is 5.99. The molecule has 1 heterocycles. The molecule has 1 N–H and O–H groups in total. The van der Waals surface area contributed by atoms with Crippen LogP contribution in [0.15, 0.2) is 12.1 Å².